The molecule has 1 amide bonds. The smallest absolute Gasteiger partial charge is 0.489 e. The number of benzene rings is 1. The number of amides is 1. The molecule has 34 heavy (non-hydrogen) atoms. The van der Waals surface area contributed by atoms with Gasteiger partial charge in [-0.2, -0.15) is 0 Å². The first-order valence-electron chi connectivity index (χ1n) is 11.9. The standard InChI is InChI=1S/C25H39BN2O5S/c1-16(2)13-25(10,28-21(29)31-22(3,4)5)14-30-18-12-11-17(20-19(18)27-15-34-20)26-32-23(6,7)24(8,9)33-26/h11-12,15-16H,13-14H2,1-10H3,(H,28,29)/t25-/m0/s1. The van der Waals surface area contributed by atoms with Crippen LogP contribution in [0.5, 0.6) is 5.75 Å². The summed E-state index contributed by atoms with van der Waals surface area (Å²) in [6.07, 6.45) is 0.285. The Morgan fingerprint density at radius 3 is 2.32 bits per heavy atom. The van der Waals surface area contributed by atoms with Gasteiger partial charge in [-0.15, -0.1) is 11.3 Å². The fraction of sp³-hybridized carbons (Fsp3) is 0.680. The molecule has 1 aliphatic heterocycles. The Morgan fingerprint density at radius 2 is 1.76 bits per heavy atom. The maximum absolute atomic E-state index is 12.5. The van der Waals surface area contributed by atoms with E-state index in [2.05, 4.69) is 24.1 Å². The normalized spacial score (nSPS) is 19.3. The van der Waals surface area contributed by atoms with Crippen molar-refractivity contribution in [3.05, 3.63) is 17.6 Å². The van der Waals surface area contributed by atoms with Crippen LogP contribution in [0, 0.1) is 5.92 Å². The van der Waals surface area contributed by atoms with Crippen molar-refractivity contribution in [3.8, 4) is 5.75 Å². The topological polar surface area (TPSA) is 78.9 Å². The molecule has 9 heteroatoms. The molecule has 0 unspecified atom stereocenters. The van der Waals surface area contributed by atoms with E-state index in [0.29, 0.717) is 11.7 Å². The molecule has 1 aromatic heterocycles. The van der Waals surface area contributed by atoms with Crippen LogP contribution < -0.4 is 15.5 Å². The molecule has 0 spiro atoms. The number of rotatable bonds is 7. The molecule has 0 saturated carbocycles. The minimum absolute atomic E-state index is 0.285. The summed E-state index contributed by atoms with van der Waals surface area (Å²) in [5.41, 5.74) is 1.49. The minimum Gasteiger partial charge on any atom is -0.489 e. The molecule has 7 nitrogen and oxygen atoms in total. The number of hydrogen-bond donors (Lipinski definition) is 1. The van der Waals surface area contributed by atoms with Gasteiger partial charge in [0.1, 0.15) is 23.5 Å². The number of fused-ring (bicyclic) bond motifs is 1. The Hall–Kier alpha value is -1.84. The Kier molecular flexibility index (Phi) is 7.34. The van der Waals surface area contributed by atoms with Gasteiger partial charge in [0.15, 0.2) is 0 Å². The second kappa shape index (κ2) is 9.32. The lowest BCUT2D eigenvalue weighted by Crippen LogP contribution is -2.52. The van der Waals surface area contributed by atoms with Gasteiger partial charge in [0.2, 0.25) is 0 Å². The summed E-state index contributed by atoms with van der Waals surface area (Å²) in [6.45, 7) is 20.2. The molecule has 2 aromatic rings. The zero-order chi connectivity index (χ0) is 25.5. The summed E-state index contributed by atoms with van der Waals surface area (Å²) in [6, 6.07) is 3.89. The summed E-state index contributed by atoms with van der Waals surface area (Å²) >= 11 is 1.54. The number of hydrogen-bond acceptors (Lipinski definition) is 7. The highest BCUT2D eigenvalue weighted by molar-refractivity contribution is 7.18. The van der Waals surface area contributed by atoms with E-state index in [0.717, 1.165) is 22.1 Å². The molecule has 2 heterocycles. The second-order valence-corrected chi connectivity index (χ2v) is 12.7. The fourth-order valence-electron chi connectivity index (χ4n) is 4.05. The van der Waals surface area contributed by atoms with Crippen LogP contribution in [0.3, 0.4) is 0 Å². The van der Waals surface area contributed by atoms with Gasteiger partial charge in [-0.3, -0.25) is 0 Å². The van der Waals surface area contributed by atoms with Crippen LogP contribution in [-0.2, 0) is 14.0 Å². The molecule has 0 bridgehead atoms. The molecule has 1 N–H and O–H groups in total. The van der Waals surface area contributed by atoms with Gasteiger partial charge < -0.3 is 24.1 Å². The van der Waals surface area contributed by atoms with Crippen molar-refractivity contribution in [2.24, 2.45) is 5.92 Å². The molecule has 0 aliphatic carbocycles. The first kappa shape index (κ1) is 26.8. The van der Waals surface area contributed by atoms with Crippen molar-refractivity contribution >= 4 is 40.2 Å². The van der Waals surface area contributed by atoms with Gasteiger partial charge >= 0.3 is 13.2 Å². The number of alkyl carbamates (subject to hydrolysis) is 1. The summed E-state index contributed by atoms with van der Waals surface area (Å²) < 4.78 is 25.3. The largest absolute Gasteiger partial charge is 0.496 e. The van der Waals surface area contributed by atoms with E-state index >= 15 is 0 Å². The van der Waals surface area contributed by atoms with Gasteiger partial charge in [0.05, 0.1) is 27.0 Å². The van der Waals surface area contributed by atoms with Crippen molar-refractivity contribution < 1.29 is 23.6 Å². The monoisotopic (exact) mass is 490 g/mol. The lowest BCUT2D eigenvalue weighted by Gasteiger charge is -2.33. The number of nitrogens with one attached hydrogen (secondary N) is 1. The van der Waals surface area contributed by atoms with Gasteiger partial charge in [0, 0.05) is 5.46 Å². The Bertz CT molecular complexity index is 1010. The van der Waals surface area contributed by atoms with Crippen LogP contribution in [0.4, 0.5) is 4.79 Å². The average molecular weight is 490 g/mol. The molecule has 1 aromatic carbocycles. The van der Waals surface area contributed by atoms with E-state index in [-0.39, 0.29) is 6.61 Å². The zero-order valence-electron chi connectivity index (χ0n) is 22.2. The lowest BCUT2D eigenvalue weighted by molar-refractivity contribution is 0.00578. The highest BCUT2D eigenvalue weighted by atomic mass is 32.1. The lowest BCUT2D eigenvalue weighted by atomic mass is 9.79. The van der Waals surface area contributed by atoms with E-state index < -0.39 is 35.6 Å². The molecule has 1 aliphatic rings. The predicted octanol–water partition coefficient (Wildman–Crippen LogP) is 5.30. The second-order valence-electron chi connectivity index (χ2n) is 11.8. The third kappa shape index (κ3) is 6.04. The Labute approximate surface area is 208 Å². The van der Waals surface area contributed by atoms with Crippen molar-refractivity contribution in [1.82, 2.24) is 10.3 Å². The first-order chi connectivity index (χ1) is 15.5. The minimum atomic E-state index is -0.608. The van der Waals surface area contributed by atoms with E-state index in [1.807, 2.05) is 67.5 Å². The molecule has 3 rings (SSSR count). The molecule has 1 fully saturated rings. The van der Waals surface area contributed by atoms with Crippen molar-refractivity contribution in [3.63, 3.8) is 0 Å². The average Bonchev–Trinajstić information content (AvgIpc) is 3.19. The van der Waals surface area contributed by atoms with Gasteiger partial charge in [0.25, 0.3) is 0 Å². The summed E-state index contributed by atoms with van der Waals surface area (Å²) in [4.78, 5) is 17.1. The predicted molar refractivity (Wildman–Crippen MR) is 138 cm³/mol. The third-order valence-corrected chi connectivity index (χ3v) is 7.07. The number of ether oxygens (including phenoxy) is 2. The Morgan fingerprint density at radius 1 is 1.15 bits per heavy atom. The maximum Gasteiger partial charge on any atom is 0.496 e. The Balaban J connectivity index is 1.81. The SMILES string of the molecule is CC(C)C[C@@](C)(COc1ccc(B2OC(C)(C)C(C)(C)O2)c2scnc12)NC(=O)OC(C)(C)C. The number of carbonyl (C=O) groups excluding carboxylic acids is 1. The van der Waals surface area contributed by atoms with Crippen molar-refractivity contribution in [2.75, 3.05) is 6.61 Å². The molecule has 1 atom stereocenters. The number of nitrogens with zero attached hydrogens (tertiary/aromatic N) is 1. The summed E-state index contributed by atoms with van der Waals surface area (Å²) in [5, 5.41) is 3.02. The van der Waals surface area contributed by atoms with E-state index in [1.54, 1.807) is 5.51 Å². The van der Waals surface area contributed by atoms with Crippen LogP contribution in [0.1, 0.15) is 75.7 Å². The highest BCUT2D eigenvalue weighted by Gasteiger charge is 2.52. The third-order valence-electron chi connectivity index (χ3n) is 6.19. The van der Waals surface area contributed by atoms with Crippen LogP contribution in [-0.4, -0.2) is 47.1 Å². The molecular formula is C25H39BN2O5S. The summed E-state index contributed by atoms with van der Waals surface area (Å²) in [5.74, 6) is 1.02. The first-order valence-corrected chi connectivity index (χ1v) is 12.8. The number of aromatic nitrogens is 1. The van der Waals surface area contributed by atoms with Crippen LogP contribution in [0.25, 0.3) is 10.2 Å². The van der Waals surface area contributed by atoms with Crippen LogP contribution in [0.2, 0.25) is 0 Å². The molecular weight excluding hydrogens is 451 g/mol. The van der Waals surface area contributed by atoms with Gasteiger partial charge in [-0.25, -0.2) is 9.78 Å². The van der Waals surface area contributed by atoms with E-state index in [4.69, 9.17) is 18.8 Å². The molecule has 0 radical (unpaired) electrons. The zero-order valence-corrected chi connectivity index (χ0v) is 23.0. The fourth-order valence-corrected chi connectivity index (χ4v) is 4.88. The van der Waals surface area contributed by atoms with Gasteiger partial charge in [-0.05, 0) is 73.8 Å². The van der Waals surface area contributed by atoms with Crippen LogP contribution >= 0.6 is 11.3 Å². The number of carbonyl (C=O) groups is 1. The number of thiazole rings is 1. The van der Waals surface area contributed by atoms with Crippen molar-refractivity contribution in [1.29, 1.82) is 0 Å². The maximum atomic E-state index is 12.5. The van der Waals surface area contributed by atoms with Crippen molar-refractivity contribution in [2.45, 2.75) is 98.0 Å². The summed E-state index contributed by atoms with van der Waals surface area (Å²) in [7, 11) is -0.470. The molecule has 188 valence electrons. The van der Waals surface area contributed by atoms with E-state index in [9.17, 15) is 4.79 Å². The van der Waals surface area contributed by atoms with E-state index in [1.165, 1.54) is 11.3 Å². The quantitative estimate of drug-likeness (QED) is 0.531. The van der Waals surface area contributed by atoms with Crippen LogP contribution in [0.15, 0.2) is 17.6 Å². The highest BCUT2D eigenvalue weighted by Crippen LogP contribution is 2.38. The molecule has 1 saturated heterocycles. The van der Waals surface area contributed by atoms with Gasteiger partial charge in [-0.1, -0.05) is 19.9 Å².